The smallest absolute Gasteiger partial charge is 0.235 e. The Labute approximate surface area is 193 Å². The van der Waals surface area contributed by atoms with Gasteiger partial charge in [0.25, 0.3) is 0 Å². The molecule has 5 rings (SSSR count). The van der Waals surface area contributed by atoms with Crippen LogP contribution in [0.5, 0.6) is 0 Å². The molecule has 0 bridgehead atoms. The van der Waals surface area contributed by atoms with Crippen LogP contribution in [0.4, 0.5) is 0 Å². The maximum absolute atomic E-state index is 13.1. The molecule has 6 nitrogen and oxygen atoms in total. The predicted octanol–water partition coefficient (Wildman–Crippen LogP) is 3.97. The molecular formula is C25H29N5OS. The predicted molar refractivity (Wildman–Crippen MR) is 127 cm³/mol. The molecule has 3 aromatic rings. The fourth-order valence-corrected chi connectivity index (χ4v) is 4.99. The van der Waals surface area contributed by atoms with Gasteiger partial charge >= 0.3 is 0 Å². The lowest BCUT2D eigenvalue weighted by atomic mass is 10.2. The fourth-order valence-electron chi connectivity index (χ4n) is 4.15. The normalized spacial score (nSPS) is 18.0. The number of hydrogen-bond acceptors (Lipinski definition) is 5. The SMILES string of the molecule is C[C@@H](Sc1nc(C2CC2)n(-c2ccccc2)n1)C(=O)N1CCN(Cc2ccccc2)CC1. The highest BCUT2D eigenvalue weighted by Gasteiger charge is 2.32. The van der Waals surface area contributed by atoms with E-state index in [0.717, 1.165) is 57.1 Å². The Morgan fingerprint density at radius 1 is 1.00 bits per heavy atom. The summed E-state index contributed by atoms with van der Waals surface area (Å²) in [7, 11) is 0. The first kappa shape index (κ1) is 21.2. The van der Waals surface area contributed by atoms with Gasteiger partial charge in [-0.2, -0.15) is 0 Å². The van der Waals surface area contributed by atoms with Gasteiger partial charge in [-0.1, -0.05) is 60.3 Å². The molecule has 2 aliphatic rings. The number of rotatable bonds is 7. The van der Waals surface area contributed by atoms with Crippen molar-refractivity contribution in [2.45, 2.75) is 42.6 Å². The van der Waals surface area contributed by atoms with E-state index >= 15 is 0 Å². The molecule has 7 heteroatoms. The van der Waals surface area contributed by atoms with Gasteiger partial charge in [-0.05, 0) is 37.5 Å². The molecule has 1 atom stereocenters. The van der Waals surface area contributed by atoms with Crippen LogP contribution in [-0.4, -0.2) is 61.9 Å². The van der Waals surface area contributed by atoms with Crippen LogP contribution in [0.3, 0.4) is 0 Å². The standard InChI is InChI=1S/C25H29N5OS/c1-19(24(31)29-16-14-28(15-17-29)18-20-8-4-2-5-9-20)32-25-26-23(21-12-13-21)30(27-25)22-10-6-3-7-11-22/h2-11,19,21H,12-18H2,1H3/t19-/m1/s1. The molecule has 2 fully saturated rings. The Hall–Kier alpha value is -2.64. The summed E-state index contributed by atoms with van der Waals surface area (Å²) in [6.45, 7) is 6.28. The van der Waals surface area contributed by atoms with Crippen molar-refractivity contribution in [2.24, 2.45) is 0 Å². The molecule has 1 amide bonds. The molecule has 0 N–H and O–H groups in total. The molecule has 1 saturated heterocycles. The fraction of sp³-hybridized carbons (Fsp3) is 0.400. The van der Waals surface area contributed by atoms with Gasteiger partial charge in [0.05, 0.1) is 10.9 Å². The molecule has 1 saturated carbocycles. The number of thioether (sulfide) groups is 1. The number of carbonyl (C=O) groups is 1. The summed E-state index contributed by atoms with van der Waals surface area (Å²) < 4.78 is 1.96. The first-order valence-corrected chi connectivity index (χ1v) is 12.3. The van der Waals surface area contributed by atoms with Crippen molar-refractivity contribution in [3.63, 3.8) is 0 Å². The quantitative estimate of drug-likeness (QED) is 0.513. The van der Waals surface area contributed by atoms with Crippen LogP contribution in [0.2, 0.25) is 0 Å². The Morgan fingerprint density at radius 3 is 2.31 bits per heavy atom. The van der Waals surface area contributed by atoms with Crippen LogP contribution < -0.4 is 0 Å². The average Bonchev–Trinajstić information content (AvgIpc) is 3.60. The highest BCUT2D eigenvalue weighted by Crippen LogP contribution is 2.40. The zero-order chi connectivity index (χ0) is 21.9. The van der Waals surface area contributed by atoms with E-state index in [0.29, 0.717) is 11.1 Å². The van der Waals surface area contributed by atoms with Gasteiger partial charge in [0.15, 0.2) is 0 Å². The highest BCUT2D eigenvalue weighted by atomic mass is 32.2. The minimum atomic E-state index is -0.200. The van der Waals surface area contributed by atoms with Crippen molar-refractivity contribution in [2.75, 3.05) is 26.2 Å². The lowest BCUT2D eigenvalue weighted by Crippen LogP contribution is -2.50. The topological polar surface area (TPSA) is 54.3 Å². The Balaban J connectivity index is 1.19. The number of hydrogen-bond donors (Lipinski definition) is 0. The van der Waals surface area contributed by atoms with E-state index in [1.54, 1.807) is 0 Å². The Morgan fingerprint density at radius 2 is 1.66 bits per heavy atom. The van der Waals surface area contributed by atoms with Gasteiger partial charge in [-0.25, -0.2) is 9.67 Å². The van der Waals surface area contributed by atoms with Crippen LogP contribution >= 0.6 is 11.8 Å². The van der Waals surface area contributed by atoms with Gasteiger partial charge in [-0.15, -0.1) is 5.10 Å². The third-order valence-corrected chi connectivity index (χ3v) is 7.06. The molecule has 0 spiro atoms. The zero-order valence-corrected chi connectivity index (χ0v) is 19.2. The summed E-state index contributed by atoms with van der Waals surface area (Å²) in [6.07, 6.45) is 2.33. The Bertz CT molecular complexity index is 1040. The third kappa shape index (κ3) is 4.89. The summed E-state index contributed by atoms with van der Waals surface area (Å²) in [5, 5.41) is 5.25. The van der Waals surface area contributed by atoms with E-state index in [9.17, 15) is 4.79 Å². The maximum Gasteiger partial charge on any atom is 0.235 e. The number of piperazine rings is 1. The summed E-state index contributed by atoms with van der Waals surface area (Å²) in [6, 6.07) is 20.7. The van der Waals surface area contributed by atoms with E-state index in [-0.39, 0.29) is 11.2 Å². The van der Waals surface area contributed by atoms with Crippen LogP contribution in [0, 0.1) is 0 Å². The lowest BCUT2D eigenvalue weighted by Gasteiger charge is -2.35. The molecular weight excluding hydrogens is 418 g/mol. The van der Waals surface area contributed by atoms with Crippen molar-refractivity contribution < 1.29 is 4.79 Å². The summed E-state index contributed by atoms with van der Waals surface area (Å²) >= 11 is 1.48. The van der Waals surface area contributed by atoms with Crippen LogP contribution in [-0.2, 0) is 11.3 Å². The molecule has 1 aromatic heterocycles. The molecule has 166 valence electrons. The molecule has 32 heavy (non-hydrogen) atoms. The molecule has 2 heterocycles. The minimum Gasteiger partial charge on any atom is -0.339 e. The van der Waals surface area contributed by atoms with Crippen LogP contribution in [0.25, 0.3) is 5.69 Å². The van der Waals surface area contributed by atoms with Gasteiger partial charge in [0.2, 0.25) is 11.1 Å². The van der Waals surface area contributed by atoms with Crippen molar-refractivity contribution in [3.8, 4) is 5.69 Å². The largest absolute Gasteiger partial charge is 0.339 e. The lowest BCUT2D eigenvalue weighted by molar-refractivity contribution is -0.132. The van der Waals surface area contributed by atoms with Gasteiger partial charge in [0.1, 0.15) is 5.82 Å². The molecule has 0 unspecified atom stereocenters. The first-order valence-electron chi connectivity index (χ1n) is 11.4. The van der Waals surface area contributed by atoms with Crippen molar-refractivity contribution in [3.05, 3.63) is 72.1 Å². The number of para-hydroxylation sites is 1. The number of benzene rings is 2. The van der Waals surface area contributed by atoms with Crippen LogP contribution in [0.1, 0.15) is 37.1 Å². The van der Waals surface area contributed by atoms with Crippen LogP contribution in [0.15, 0.2) is 65.8 Å². The third-order valence-electron chi connectivity index (χ3n) is 6.12. The van der Waals surface area contributed by atoms with E-state index in [1.165, 1.54) is 17.3 Å². The van der Waals surface area contributed by atoms with E-state index in [2.05, 4.69) is 41.3 Å². The number of nitrogens with zero attached hydrogens (tertiary/aromatic N) is 5. The number of amides is 1. The molecule has 1 aliphatic carbocycles. The van der Waals surface area contributed by atoms with E-state index < -0.39 is 0 Å². The van der Waals surface area contributed by atoms with Gasteiger partial charge in [-0.3, -0.25) is 9.69 Å². The van der Waals surface area contributed by atoms with Gasteiger partial charge in [0, 0.05) is 38.6 Å². The second kappa shape index (κ2) is 9.46. The molecule has 1 aliphatic heterocycles. The van der Waals surface area contributed by atoms with E-state index in [1.807, 2.05) is 40.8 Å². The minimum absolute atomic E-state index is 0.179. The average molecular weight is 448 g/mol. The van der Waals surface area contributed by atoms with Crippen molar-refractivity contribution >= 4 is 17.7 Å². The maximum atomic E-state index is 13.1. The zero-order valence-electron chi connectivity index (χ0n) is 18.4. The van der Waals surface area contributed by atoms with Crippen molar-refractivity contribution in [1.82, 2.24) is 24.6 Å². The van der Waals surface area contributed by atoms with Crippen molar-refractivity contribution in [1.29, 1.82) is 0 Å². The summed E-state index contributed by atoms with van der Waals surface area (Å²) in [4.78, 5) is 22.3. The number of carbonyl (C=O) groups excluding carboxylic acids is 1. The highest BCUT2D eigenvalue weighted by molar-refractivity contribution is 8.00. The first-order chi connectivity index (χ1) is 15.7. The summed E-state index contributed by atoms with van der Waals surface area (Å²) in [5.41, 5.74) is 2.35. The second-order valence-corrected chi connectivity index (χ2v) is 9.93. The Kier molecular flexibility index (Phi) is 6.28. The summed E-state index contributed by atoms with van der Waals surface area (Å²) in [5.74, 6) is 1.69. The van der Waals surface area contributed by atoms with E-state index in [4.69, 9.17) is 10.1 Å². The molecule has 2 aromatic carbocycles. The molecule has 0 radical (unpaired) electrons. The second-order valence-electron chi connectivity index (χ2n) is 8.62. The monoisotopic (exact) mass is 447 g/mol. The number of aromatic nitrogens is 3. The van der Waals surface area contributed by atoms with Gasteiger partial charge < -0.3 is 4.90 Å².